The zero-order chi connectivity index (χ0) is 11.8. The average Bonchev–Trinajstić information content (AvgIpc) is 2.35. The number of rotatable bonds is 6. The first-order valence-electron chi connectivity index (χ1n) is 5.73. The Hall–Kier alpha value is -1.35. The summed E-state index contributed by atoms with van der Waals surface area (Å²) >= 11 is 0. The zero-order valence-electron chi connectivity index (χ0n) is 9.99. The Kier molecular flexibility index (Phi) is 5.57. The van der Waals surface area contributed by atoms with Gasteiger partial charge in [0.2, 0.25) is 5.91 Å². The second-order valence-electron chi connectivity index (χ2n) is 3.86. The van der Waals surface area contributed by atoms with E-state index in [1.807, 2.05) is 18.2 Å². The van der Waals surface area contributed by atoms with Crippen LogP contribution in [0.25, 0.3) is 0 Å². The maximum atomic E-state index is 11.0. The van der Waals surface area contributed by atoms with Crippen LogP contribution in [0.5, 0.6) is 0 Å². The monoisotopic (exact) mass is 220 g/mol. The SMILES string of the molecule is CNC(=O)CCCN[C@H](C)c1ccccc1. The molecule has 3 heteroatoms. The minimum absolute atomic E-state index is 0.106. The molecule has 0 unspecified atom stereocenters. The van der Waals surface area contributed by atoms with Crippen molar-refractivity contribution in [2.24, 2.45) is 0 Å². The van der Waals surface area contributed by atoms with Crippen LogP contribution in [0.15, 0.2) is 30.3 Å². The zero-order valence-corrected chi connectivity index (χ0v) is 9.99. The molecule has 0 radical (unpaired) electrons. The summed E-state index contributed by atoms with van der Waals surface area (Å²) in [6.07, 6.45) is 1.46. The van der Waals surface area contributed by atoms with Crippen LogP contribution in [0.4, 0.5) is 0 Å². The third-order valence-corrected chi connectivity index (χ3v) is 2.61. The molecular formula is C13H20N2O. The fourth-order valence-electron chi connectivity index (χ4n) is 1.55. The molecule has 0 spiro atoms. The number of nitrogens with one attached hydrogen (secondary N) is 2. The van der Waals surface area contributed by atoms with Crippen molar-refractivity contribution in [3.05, 3.63) is 35.9 Å². The molecule has 0 fully saturated rings. The van der Waals surface area contributed by atoms with Crippen LogP contribution < -0.4 is 10.6 Å². The van der Waals surface area contributed by atoms with E-state index in [2.05, 4.69) is 29.7 Å². The molecule has 0 heterocycles. The predicted molar refractivity (Wildman–Crippen MR) is 66.2 cm³/mol. The maximum Gasteiger partial charge on any atom is 0.219 e. The number of carbonyl (C=O) groups excluding carboxylic acids is 1. The molecule has 0 saturated carbocycles. The van der Waals surface area contributed by atoms with Gasteiger partial charge in [0.15, 0.2) is 0 Å². The van der Waals surface area contributed by atoms with Crippen LogP contribution >= 0.6 is 0 Å². The summed E-state index contributed by atoms with van der Waals surface area (Å²) in [6, 6.07) is 10.6. The lowest BCUT2D eigenvalue weighted by molar-refractivity contribution is -0.120. The molecule has 0 aliphatic carbocycles. The first-order chi connectivity index (χ1) is 7.74. The number of benzene rings is 1. The fourth-order valence-corrected chi connectivity index (χ4v) is 1.55. The van der Waals surface area contributed by atoms with E-state index in [0.717, 1.165) is 13.0 Å². The lowest BCUT2D eigenvalue weighted by Gasteiger charge is -2.13. The highest BCUT2D eigenvalue weighted by Gasteiger charge is 2.03. The van der Waals surface area contributed by atoms with Gasteiger partial charge in [-0.1, -0.05) is 30.3 Å². The molecule has 1 aromatic rings. The van der Waals surface area contributed by atoms with Gasteiger partial charge in [-0.2, -0.15) is 0 Å². The molecule has 16 heavy (non-hydrogen) atoms. The van der Waals surface area contributed by atoms with Gasteiger partial charge in [-0.05, 0) is 25.5 Å². The van der Waals surface area contributed by atoms with Crippen molar-refractivity contribution >= 4 is 5.91 Å². The van der Waals surface area contributed by atoms with Crippen molar-refractivity contribution < 1.29 is 4.79 Å². The minimum Gasteiger partial charge on any atom is -0.359 e. The van der Waals surface area contributed by atoms with Crippen molar-refractivity contribution in [1.29, 1.82) is 0 Å². The predicted octanol–water partition coefficient (Wildman–Crippen LogP) is 1.86. The third kappa shape index (κ3) is 4.45. The Morgan fingerprint density at radius 2 is 2.00 bits per heavy atom. The molecule has 0 aliphatic heterocycles. The topological polar surface area (TPSA) is 41.1 Å². The van der Waals surface area contributed by atoms with Crippen molar-refractivity contribution in [3.63, 3.8) is 0 Å². The summed E-state index contributed by atoms with van der Waals surface area (Å²) in [5, 5.41) is 6.02. The molecule has 1 atom stereocenters. The summed E-state index contributed by atoms with van der Waals surface area (Å²) < 4.78 is 0. The van der Waals surface area contributed by atoms with E-state index in [1.54, 1.807) is 7.05 Å². The molecule has 0 saturated heterocycles. The molecule has 0 aliphatic rings. The normalized spacial score (nSPS) is 12.1. The van der Waals surface area contributed by atoms with Crippen molar-refractivity contribution in [2.75, 3.05) is 13.6 Å². The minimum atomic E-state index is 0.106. The summed E-state index contributed by atoms with van der Waals surface area (Å²) in [6.45, 7) is 3.00. The molecule has 1 rings (SSSR count). The maximum absolute atomic E-state index is 11.0. The van der Waals surface area contributed by atoms with Crippen molar-refractivity contribution in [2.45, 2.75) is 25.8 Å². The van der Waals surface area contributed by atoms with E-state index in [0.29, 0.717) is 12.5 Å². The number of carbonyl (C=O) groups is 1. The molecule has 3 nitrogen and oxygen atoms in total. The molecular weight excluding hydrogens is 200 g/mol. The van der Waals surface area contributed by atoms with Crippen molar-refractivity contribution in [3.8, 4) is 0 Å². The molecule has 88 valence electrons. The standard InChI is InChI=1S/C13H20N2O/c1-11(12-7-4-3-5-8-12)15-10-6-9-13(16)14-2/h3-5,7-8,11,15H,6,9-10H2,1-2H3,(H,14,16)/t11-/m1/s1. The third-order valence-electron chi connectivity index (χ3n) is 2.61. The van der Waals surface area contributed by atoms with Gasteiger partial charge in [-0.15, -0.1) is 0 Å². The summed E-state index contributed by atoms with van der Waals surface area (Å²) in [4.78, 5) is 11.0. The van der Waals surface area contributed by atoms with Gasteiger partial charge >= 0.3 is 0 Å². The van der Waals surface area contributed by atoms with Gasteiger partial charge in [0.1, 0.15) is 0 Å². The number of hydrogen-bond acceptors (Lipinski definition) is 2. The number of hydrogen-bond donors (Lipinski definition) is 2. The van der Waals surface area contributed by atoms with E-state index in [9.17, 15) is 4.79 Å². The smallest absolute Gasteiger partial charge is 0.219 e. The lowest BCUT2D eigenvalue weighted by Crippen LogP contribution is -2.23. The average molecular weight is 220 g/mol. The van der Waals surface area contributed by atoms with E-state index in [-0.39, 0.29) is 5.91 Å². The Morgan fingerprint density at radius 3 is 2.62 bits per heavy atom. The van der Waals surface area contributed by atoms with Crippen LogP contribution in [0.3, 0.4) is 0 Å². The first kappa shape index (κ1) is 12.7. The van der Waals surface area contributed by atoms with Crippen LogP contribution in [-0.2, 0) is 4.79 Å². The highest BCUT2D eigenvalue weighted by Crippen LogP contribution is 2.10. The van der Waals surface area contributed by atoms with Crippen LogP contribution in [0.2, 0.25) is 0 Å². The quantitative estimate of drug-likeness (QED) is 0.718. The van der Waals surface area contributed by atoms with Crippen LogP contribution in [-0.4, -0.2) is 19.5 Å². The second-order valence-corrected chi connectivity index (χ2v) is 3.86. The van der Waals surface area contributed by atoms with E-state index in [1.165, 1.54) is 5.56 Å². The molecule has 0 aromatic heterocycles. The van der Waals surface area contributed by atoms with Gasteiger partial charge < -0.3 is 10.6 Å². The molecule has 1 amide bonds. The molecule has 2 N–H and O–H groups in total. The summed E-state index contributed by atoms with van der Waals surface area (Å²) in [7, 11) is 1.67. The largest absolute Gasteiger partial charge is 0.359 e. The highest BCUT2D eigenvalue weighted by molar-refractivity contribution is 5.75. The highest BCUT2D eigenvalue weighted by atomic mass is 16.1. The number of amides is 1. The Labute approximate surface area is 97.2 Å². The van der Waals surface area contributed by atoms with E-state index in [4.69, 9.17) is 0 Å². The summed E-state index contributed by atoms with van der Waals surface area (Å²) in [5.74, 6) is 0.106. The Balaban J connectivity index is 2.21. The Bertz CT molecular complexity index is 311. The molecule has 0 bridgehead atoms. The summed E-state index contributed by atoms with van der Waals surface area (Å²) in [5.41, 5.74) is 1.28. The van der Waals surface area contributed by atoms with Crippen LogP contribution in [0, 0.1) is 0 Å². The van der Waals surface area contributed by atoms with Gasteiger partial charge in [0.05, 0.1) is 0 Å². The first-order valence-corrected chi connectivity index (χ1v) is 5.73. The van der Waals surface area contributed by atoms with Crippen LogP contribution in [0.1, 0.15) is 31.4 Å². The molecule has 1 aromatic carbocycles. The van der Waals surface area contributed by atoms with Gasteiger partial charge in [0.25, 0.3) is 0 Å². The second kappa shape index (κ2) is 7.01. The fraction of sp³-hybridized carbons (Fsp3) is 0.462. The van der Waals surface area contributed by atoms with Gasteiger partial charge in [-0.3, -0.25) is 4.79 Å². The lowest BCUT2D eigenvalue weighted by atomic mass is 10.1. The van der Waals surface area contributed by atoms with E-state index < -0.39 is 0 Å². The Morgan fingerprint density at radius 1 is 1.31 bits per heavy atom. The van der Waals surface area contributed by atoms with Gasteiger partial charge in [-0.25, -0.2) is 0 Å². The van der Waals surface area contributed by atoms with Gasteiger partial charge in [0, 0.05) is 19.5 Å². The van der Waals surface area contributed by atoms with Crippen molar-refractivity contribution in [1.82, 2.24) is 10.6 Å². The van der Waals surface area contributed by atoms with E-state index >= 15 is 0 Å².